The molecule has 0 aliphatic carbocycles. The van der Waals surface area contributed by atoms with E-state index in [4.69, 9.17) is 4.74 Å². The van der Waals surface area contributed by atoms with Gasteiger partial charge >= 0.3 is 0 Å². The predicted octanol–water partition coefficient (Wildman–Crippen LogP) is 6.22. The lowest BCUT2D eigenvalue weighted by Crippen LogP contribution is -2.19. The largest absolute Gasteiger partial charge is 0.497 e. The van der Waals surface area contributed by atoms with E-state index in [-0.39, 0.29) is 12.5 Å². The fraction of sp³-hybridized carbons (Fsp3) is 0.286. The second-order valence-electron chi connectivity index (χ2n) is 8.46. The summed E-state index contributed by atoms with van der Waals surface area (Å²) >= 11 is 0. The zero-order chi connectivity index (χ0) is 23.4. The molecule has 0 amide bonds. The molecule has 172 valence electrons. The van der Waals surface area contributed by atoms with Crippen molar-refractivity contribution >= 4 is 10.9 Å². The topological polar surface area (TPSA) is 26.2 Å². The third kappa shape index (κ3) is 4.93. The Hall–Kier alpha value is -3.18. The van der Waals surface area contributed by atoms with Crippen LogP contribution in [0.2, 0.25) is 0 Å². The van der Waals surface area contributed by atoms with Crippen LogP contribution in [0.1, 0.15) is 22.3 Å². The first kappa shape index (κ1) is 23.0. The zero-order valence-corrected chi connectivity index (χ0v) is 19.4. The molecular formula is C28H30F2N2O. The van der Waals surface area contributed by atoms with Gasteiger partial charge in [0.1, 0.15) is 12.4 Å². The summed E-state index contributed by atoms with van der Waals surface area (Å²) in [7, 11) is 1.63. The number of hydrogen-bond donors (Lipinski definition) is 1. The van der Waals surface area contributed by atoms with Crippen LogP contribution in [-0.2, 0) is 13.0 Å². The summed E-state index contributed by atoms with van der Waals surface area (Å²) in [5, 5.41) is 3.71. The summed E-state index contributed by atoms with van der Waals surface area (Å²) in [4.78, 5) is 0. The van der Waals surface area contributed by atoms with Gasteiger partial charge in [-0.1, -0.05) is 35.9 Å². The quantitative estimate of drug-likeness (QED) is 0.308. The molecule has 4 aromatic rings. The van der Waals surface area contributed by atoms with Gasteiger partial charge in [-0.25, -0.2) is 8.78 Å². The maximum absolute atomic E-state index is 15.8. The number of aromatic nitrogens is 1. The van der Waals surface area contributed by atoms with E-state index in [1.165, 1.54) is 5.56 Å². The minimum absolute atomic E-state index is 0.197. The first-order valence-electron chi connectivity index (χ1n) is 11.3. The normalized spacial score (nSPS) is 11.3. The number of ether oxygens (including phenoxy) is 1. The fourth-order valence-electron chi connectivity index (χ4n) is 4.30. The summed E-state index contributed by atoms with van der Waals surface area (Å²) in [6, 6.07) is 20.1. The van der Waals surface area contributed by atoms with Gasteiger partial charge in [-0.15, -0.1) is 0 Å². The second kappa shape index (κ2) is 10.2. The summed E-state index contributed by atoms with van der Waals surface area (Å²) in [5.74, 6) is 0.560. The number of alkyl halides is 1. The molecule has 3 nitrogen and oxygen atoms in total. The van der Waals surface area contributed by atoms with Gasteiger partial charge in [-0.2, -0.15) is 0 Å². The Kier molecular flexibility index (Phi) is 7.09. The summed E-state index contributed by atoms with van der Waals surface area (Å²) in [5.41, 5.74) is 6.61. The maximum Gasteiger partial charge on any atom is 0.156 e. The zero-order valence-electron chi connectivity index (χ0n) is 19.4. The van der Waals surface area contributed by atoms with Crippen molar-refractivity contribution in [3.05, 3.63) is 88.7 Å². The average Bonchev–Trinajstić information content (AvgIpc) is 3.08. The third-order valence-electron chi connectivity index (χ3n) is 6.07. The molecule has 4 rings (SSSR count). The molecule has 3 aromatic carbocycles. The van der Waals surface area contributed by atoms with Gasteiger partial charge < -0.3 is 14.6 Å². The van der Waals surface area contributed by atoms with Crippen LogP contribution in [0, 0.1) is 19.7 Å². The van der Waals surface area contributed by atoms with Crippen LogP contribution >= 0.6 is 0 Å². The fourth-order valence-corrected chi connectivity index (χ4v) is 4.30. The standard InChI is InChI=1S/C28H30F2N2O/c1-19-4-11-26-25(16-19)27(30)28(24-10-9-23(33-3)17-20(24)2)32(26)18-22-7-5-21(6-8-22)12-14-31-15-13-29/h4-11,16-17,31H,12-15,18H2,1-3H3. The van der Waals surface area contributed by atoms with Crippen LogP contribution in [0.3, 0.4) is 0 Å². The minimum Gasteiger partial charge on any atom is -0.497 e. The monoisotopic (exact) mass is 448 g/mol. The minimum atomic E-state index is -0.351. The number of nitrogens with zero attached hydrogens (tertiary/aromatic N) is 1. The number of hydrogen-bond acceptors (Lipinski definition) is 2. The van der Waals surface area contributed by atoms with Crippen molar-refractivity contribution in [3.63, 3.8) is 0 Å². The average molecular weight is 449 g/mol. The molecule has 1 heterocycles. The molecule has 0 aliphatic heterocycles. The van der Waals surface area contributed by atoms with Crippen molar-refractivity contribution < 1.29 is 13.5 Å². The molecule has 0 aliphatic rings. The molecule has 0 spiro atoms. The van der Waals surface area contributed by atoms with Crippen LogP contribution in [0.4, 0.5) is 8.78 Å². The lowest BCUT2D eigenvalue weighted by atomic mass is 10.0. The van der Waals surface area contributed by atoms with Gasteiger partial charge in [0.2, 0.25) is 0 Å². The van der Waals surface area contributed by atoms with Gasteiger partial charge in [0.05, 0.1) is 18.3 Å². The Morgan fingerprint density at radius 2 is 1.67 bits per heavy atom. The Labute approximate surface area is 194 Å². The number of halogens is 2. The molecule has 33 heavy (non-hydrogen) atoms. The first-order valence-corrected chi connectivity index (χ1v) is 11.3. The van der Waals surface area contributed by atoms with Gasteiger partial charge in [0, 0.05) is 24.0 Å². The molecule has 5 heteroatoms. The molecule has 1 aromatic heterocycles. The van der Waals surface area contributed by atoms with Gasteiger partial charge in [-0.3, -0.25) is 0 Å². The highest BCUT2D eigenvalue weighted by Crippen LogP contribution is 2.36. The summed E-state index contributed by atoms with van der Waals surface area (Å²) in [6.45, 7) is 5.31. The number of benzene rings is 3. The Balaban J connectivity index is 1.72. The smallest absolute Gasteiger partial charge is 0.156 e. The van der Waals surface area contributed by atoms with Crippen molar-refractivity contribution in [1.82, 2.24) is 9.88 Å². The van der Waals surface area contributed by atoms with E-state index in [9.17, 15) is 4.39 Å². The number of fused-ring (bicyclic) bond motifs is 1. The number of nitrogens with one attached hydrogen (secondary N) is 1. The Morgan fingerprint density at radius 3 is 2.36 bits per heavy atom. The van der Waals surface area contributed by atoms with Crippen LogP contribution in [0.25, 0.3) is 22.2 Å². The van der Waals surface area contributed by atoms with Crippen LogP contribution in [-0.4, -0.2) is 31.4 Å². The van der Waals surface area contributed by atoms with Crippen molar-refractivity contribution in [3.8, 4) is 17.0 Å². The molecule has 1 N–H and O–H groups in total. The van der Waals surface area contributed by atoms with Gasteiger partial charge in [-0.05, 0) is 73.8 Å². The van der Waals surface area contributed by atoms with Crippen molar-refractivity contribution in [2.24, 2.45) is 0 Å². The van der Waals surface area contributed by atoms with Crippen LogP contribution < -0.4 is 10.1 Å². The van der Waals surface area contributed by atoms with Gasteiger partial charge in [0.15, 0.2) is 5.82 Å². The number of aryl methyl sites for hydroxylation is 2. The Morgan fingerprint density at radius 1 is 0.909 bits per heavy atom. The molecule has 0 fully saturated rings. The molecule has 0 atom stereocenters. The molecule has 0 saturated carbocycles. The van der Waals surface area contributed by atoms with Crippen LogP contribution in [0.5, 0.6) is 5.75 Å². The van der Waals surface area contributed by atoms with E-state index in [1.807, 2.05) is 50.2 Å². The van der Waals surface area contributed by atoms with Crippen molar-refractivity contribution in [2.45, 2.75) is 26.8 Å². The molecule has 0 unspecified atom stereocenters. The molecule has 0 bridgehead atoms. The predicted molar refractivity (Wildman–Crippen MR) is 131 cm³/mol. The second-order valence-corrected chi connectivity index (χ2v) is 8.46. The van der Waals surface area contributed by atoms with Crippen LogP contribution in [0.15, 0.2) is 60.7 Å². The number of methoxy groups -OCH3 is 1. The van der Waals surface area contributed by atoms with E-state index in [0.717, 1.165) is 46.5 Å². The Bertz CT molecular complexity index is 1250. The highest BCUT2D eigenvalue weighted by atomic mass is 19.1. The number of rotatable bonds is 9. The molecule has 0 saturated heterocycles. The van der Waals surface area contributed by atoms with Crippen molar-refractivity contribution in [1.29, 1.82) is 0 Å². The first-order chi connectivity index (χ1) is 16.0. The van der Waals surface area contributed by atoms with E-state index < -0.39 is 0 Å². The summed E-state index contributed by atoms with van der Waals surface area (Å²) < 4.78 is 35.4. The van der Waals surface area contributed by atoms with E-state index in [0.29, 0.717) is 24.2 Å². The third-order valence-corrected chi connectivity index (χ3v) is 6.07. The van der Waals surface area contributed by atoms with Gasteiger partial charge in [0.25, 0.3) is 0 Å². The highest BCUT2D eigenvalue weighted by molar-refractivity contribution is 5.89. The lowest BCUT2D eigenvalue weighted by molar-refractivity contribution is 0.414. The van der Waals surface area contributed by atoms with E-state index in [2.05, 4.69) is 34.1 Å². The summed E-state index contributed by atoms with van der Waals surface area (Å²) in [6.07, 6.45) is 0.844. The highest BCUT2D eigenvalue weighted by Gasteiger charge is 2.21. The maximum atomic E-state index is 15.8. The van der Waals surface area contributed by atoms with Crippen molar-refractivity contribution in [2.75, 3.05) is 26.9 Å². The SMILES string of the molecule is COc1ccc(-c2c(F)c3cc(C)ccc3n2Cc2ccc(CCNCCF)cc2)c(C)c1. The van der Waals surface area contributed by atoms with E-state index in [1.54, 1.807) is 7.11 Å². The van der Waals surface area contributed by atoms with E-state index >= 15 is 4.39 Å². The molecular weight excluding hydrogens is 418 g/mol. The lowest BCUT2D eigenvalue weighted by Gasteiger charge is -2.14. The molecule has 0 radical (unpaired) electrons.